The van der Waals surface area contributed by atoms with Crippen LogP contribution in [0.2, 0.25) is 0 Å². The van der Waals surface area contributed by atoms with Crippen LogP contribution in [0.25, 0.3) is 0 Å². The molecule has 0 bridgehead atoms. The second-order valence-corrected chi connectivity index (χ2v) is 24.5. The van der Waals surface area contributed by atoms with Gasteiger partial charge in [-0.05, 0) is 102 Å². The van der Waals surface area contributed by atoms with Gasteiger partial charge >= 0.3 is 36.1 Å². The molecule has 0 aromatic rings. The van der Waals surface area contributed by atoms with Gasteiger partial charge < -0.3 is 44.7 Å². The van der Waals surface area contributed by atoms with Gasteiger partial charge in [0.2, 0.25) is 13.5 Å². The molecule has 6 N–H and O–H groups in total. The van der Waals surface area contributed by atoms with E-state index in [1.54, 1.807) is 62.3 Å². The predicted octanol–water partition coefficient (Wildman–Crippen LogP) is 5.57. The number of carbonyl (C=O) groups is 9. The number of rotatable bonds is 15. The number of alkyl halides is 6. The van der Waals surface area contributed by atoms with Crippen molar-refractivity contribution in [3.63, 3.8) is 0 Å². The van der Waals surface area contributed by atoms with Crippen molar-refractivity contribution < 1.29 is 71.9 Å². The SMILES string of the molecule is C#CC[C@H](CC(=O)OC(C)(C)C)C(=O)O.C#CC[C@H](NC(=O)OC(C)(C)C)C(=O)N[C@@H](C)C(=O)N1CCC[C@@H](C(=O)OCC(Cl)(Cl)Cl)N1.C[C@H](NC(=O)OC(C)(C)C)C(=O)N1CCC[C@@H](C(=O)OCC(Cl)(Cl)Cl)N1. The van der Waals surface area contributed by atoms with Crippen LogP contribution in [0.3, 0.4) is 0 Å². The van der Waals surface area contributed by atoms with Crippen molar-refractivity contribution in [1.82, 2.24) is 36.8 Å². The molecule has 0 radical (unpaired) electrons. The summed E-state index contributed by atoms with van der Waals surface area (Å²) in [5, 5.41) is 18.6. The van der Waals surface area contributed by atoms with Gasteiger partial charge in [0, 0.05) is 25.9 Å². The molecular formula is C46H69Cl6N7O15. The van der Waals surface area contributed by atoms with E-state index in [2.05, 4.69) is 38.6 Å². The second kappa shape index (κ2) is 31.6. The topological polar surface area (TPSA) is 287 Å². The largest absolute Gasteiger partial charge is 0.481 e. The van der Waals surface area contributed by atoms with E-state index in [-0.39, 0.29) is 25.9 Å². The highest BCUT2D eigenvalue weighted by Crippen LogP contribution is 2.27. The summed E-state index contributed by atoms with van der Waals surface area (Å²) in [6.07, 6.45) is 10.5. The predicted molar refractivity (Wildman–Crippen MR) is 276 cm³/mol. The maximum atomic E-state index is 12.8. The fraction of sp³-hybridized carbons (Fsp3) is 0.717. The molecule has 5 amide bonds. The zero-order valence-electron chi connectivity index (χ0n) is 43.2. The Bertz CT molecular complexity index is 2020. The lowest BCUT2D eigenvalue weighted by atomic mass is 10.0. The highest BCUT2D eigenvalue weighted by Gasteiger charge is 2.36. The molecule has 0 unspecified atom stereocenters. The molecule has 6 atom stereocenters. The van der Waals surface area contributed by atoms with Crippen molar-refractivity contribution in [3.8, 4) is 24.7 Å². The Morgan fingerprint density at radius 3 is 1.35 bits per heavy atom. The number of nitrogens with one attached hydrogen (secondary N) is 5. The molecule has 74 heavy (non-hydrogen) atoms. The number of aliphatic carboxylic acids is 1. The van der Waals surface area contributed by atoms with Gasteiger partial charge in [-0.2, -0.15) is 0 Å². The number of terminal acetylenes is 2. The number of esters is 3. The summed E-state index contributed by atoms with van der Waals surface area (Å²) in [7, 11) is 0. The van der Waals surface area contributed by atoms with Gasteiger partial charge in [0.1, 0.15) is 60.2 Å². The normalized spacial score (nSPS) is 17.6. The van der Waals surface area contributed by atoms with Crippen LogP contribution in [0.1, 0.15) is 121 Å². The average molecular weight is 1170 g/mol. The maximum Gasteiger partial charge on any atom is 0.408 e. The standard InChI is InChI=1S/C20H29Cl3N4O6.C15H24Cl3N3O5.C11H16O4/c1-6-8-13(25-18(31)33-19(3,4)5)15(28)24-12(2)16(29)27-10-7-9-14(26-27)17(30)32-11-20(21,22)23;1-9(19-13(24)26-14(2,3)4)11(22)21-7-5-6-10(20-21)12(23)25-8-15(16,17)18;1-5-6-8(10(13)14)7-9(12)15-11(2,3)4/h1,12-14,26H,7-11H2,2-5H3,(H,24,28)(H,25,31);9-10,20H,5-8H2,1-4H3,(H,19,24);1,8H,6-7H2,2-4H3,(H,13,14)/t12-,13-,14-;9-,10-;8-/m001/s1. The van der Waals surface area contributed by atoms with Gasteiger partial charge in [-0.15, -0.1) is 24.7 Å². The number of carboxylic acids is 1. The zero-order chi connectivity index (χ0) is 57.6. The first-order chi connectivity index (χ1) is 33.7. The van der Waals surface area contributed by atoms with E-state index in [4.69, 9.17) is 111 Å². The summed E-state index contributed by atoms with van der Waals surface area (Å²) in [5.41, 5.74) is 3.50. The molecule has 28 heteroatoms. The number of carbonyl (C=O) groups excluding carboxylic acids is 8. The number of alkyl carbamates (subject to hydrolysis) is 2. The molecule has 0 spiro atoms. The van der Waals surface area contributed by atoms with Gasteiger partial charge in [0.15, 0.2) is 0 Å². The highest BCUT2D eigenvalue weighted by molar-refractivity contribution is 6.68. The number of amides is 5. The van der Waals surface area contributed by atoms with Gasteiger partial charge in [-0.25, -0.2) is 20.4 Å². The van der Waals surface area contributed by atoms with Crippen LogP contribution in [0.4, 0.5) is 9.59 Å². The second-order valence-electron chi connectivity index (χ2n) is 19.5. The number of ether oxygens (including phenoxy) is 5. The van der Waals surface area contributed by atoms with Gasteiger partial charge in [-0.1, -0.05) is 69.6 Å². The van der Waals surface area contributed by atoms with Crippen LogP contribution >= 0.6 is 69.6 Å². The average Bonchev–Trinajstić information content (AvgIpc) is 3.24. The summed E-state index contributed by atoms with van der Waals surface area (Å²) in [6.45, 7) is 18.2. The number of hydrazine groups is 2. The number of carboxylic acid groups (broad SMARTS) is 1. The Labute approximate surface area is 462 Å². The molecular weight excluding hydrogens is 1100 g/mol. The Balaban J connectivity index is 0.00000116. The van der Waals surface area contributed by atoms with Crippen molar-refractivity contribution >= 4 is 123 Å². The minimum absolute atomic E-state index is 0.0363. The summed E-state index contributed by atoms with van der Waals surface area (Å²) >= 11 is 33.4. The number of hydrogen-bond donors (Lipinski definition) is 6. The monoisotopic (exact) mass is 1170 g/mol. The molecule has 2 saturated heterocycles. The van der Waals surface area contributed by atoms with Crippen molar-refractivity contribution in [2.75, 3.05) is 26.3 Å². The summed E-state index contributed by atoms with van der Waals surface area (Å²) in [6, 6.07) is -4.48. The minimum atomic E-state index is -1.75. The molecule has 2 fully saturated rings. The van der Waals surface area contributed by atoms with Crippen molar-refractivity contribution in [1.29, 1.82) is 0 Å². The van der Waals surface area contributed by atoms with Crippen LogP contribution in [0, 0.1) is 30.6 Å². The molecule has 2 heterocycles. The first-order valence-electron chi connectivity index (χ1n) is 22.9. The lowest BCUT2D eigenvalue weighted by Gasteiger charge is -2.34. The molecule has 2 rings (SSSR count). The molecule has 0 aliphatic carbocycles. The third kappa shape index (κ3) is 32.1. The lowest BCUT2D eigenvalue weighted by molar-refractivity contribution is -0.159. The minimum Gasteiger partial charge on any atom is -0.481 e. The molecule has 2 aliphatic rings. The summed E-state index contributed by atoms with van der Waals surface area (Å²) in [4.78, 5) is 108. The zero-order valence-corrected chi connectivity index (χ0v) is 47.8. The van der Waals surface area contributed by atoms with Crippen molar-refractivity contribution in [2.24, 2.45) is 5.92 Å². The molecule has 0 aromatic carbocycles. The van der Waals surface area contributed by atoms with Crippen LogP contribution in [-0.4, -0.2) is 150 Å². The van der Waals surface area contributed by atoms with Crippen LogP contribution in [-0.2, 0) is 57.2 Å². The first-order valence-corrected chi connectivity index (χ1v) is 25.2. The lowest BCUT2D eigenvalue weighted by Crippen LogP contribution is -2.60. The van der Waals surface area contributed by atoms with Crippen molar-refractivity contribution in [2.45, 2.75) is 176 Å². The Hall–Kier alpha value is -4.39. The fourth-order valence-electron chi connectivity index (χ4n) is 5.88. The number of nitrogens with zero attached hydrogens (tertiary/aromatic N) is 2. The van der Waals surface area contributed by atoms with Gasteiger partial charge in [-0.3, -0.25) is 43.6 Å². The number of halogens is 6. The molecule has 420 valence electrons. The van der Waals surface area contributed by atoms with Crippen molar-refractivity contribution in [3.05, 3.63) is 0 Å². The smallest absolute Gasteiger partial charge is 0.408 e. The Morgan fingerprint density at radius 1 is 0.622 bits per heavy atom. The maximum absolute atomic E-state index is 12.8. The van der Waals surface area contributed by atoms with Crippen LogP contribution in [0.15, 0.2) is 0 Å². The molecule has 0 aromatic heterocycles. The van der Waals surface area contributed by atoms with E-state index >= 15 is 0 Å². The van der Waals surface area contributed by atoms with E-state index < -0.39 is 121 Å². The molecule has 2 aliphatic heterocycles. The summed E-state index contributed by atoms with van der Waals surface area (Å²) in [5.74, 6) is -0.794. The quantitative estimate of drug-likeness (QED) is 0.0506. The third-order valence-corrected chi connectivity index (χ3v) is 9.59. The Kier molecular flexibility index (Phi) is 29.7. The van der Waals surface area contributed by atoms with Crippen LogP contribution in [0.5, 0.6) is 0 Å². The first kappa shape index (κ1) is 69.6. The van der Waals surface area contributed by atoms with E-state index in [1.807, 2.05) is 0 Å². The summed E-state index contributed by atoms with van der Waals surface area (Å²) < 4.78 is 21.7. The van der Waals surface area contributed by atoms with E-state index in [0.717, 1.165) is 0 Å². The van der Waals surface area contributed by atoms with E-state index in [9.17, 15) is 43.2 Å². The number of hydrogen-bond acceptors (Lipinski definition) is 16. The third-order valence-electron chi connectivity index (χ3n) is 8.94. The fourth-order valence-corrected chi connectivity index (χ4v) is 6.20. The highest BCUT2D eigenvalue weighted by atomic mass is 35.6. The van der Waals surface area contributed by atoms with Gasteiger partial charge in [0.25, 0.3) is 11.8 Å². The van der Waals surface area contributed by atoms with E-state index in [0.29, 0.717) is 38.8 Å². The van der Waals surface area contributed by atoms with Crippen LogP contribution < -0.4 is 26.8 Å². The van der Waals surface area contributed by atoms with Gasteiger partial charge in [0.05, 0.1) is 12.3 Å². The molecule has 22 nitrogen and oxygen atoms in total. The molecule has 0 saturated carbocycles. The Morgan fingerprint density at radius 2 is 1.00 bits per heavy atom. The van der Waals surface area contributed by atoms with E-state index in [1.165, 1.54) is 23.9 Å².